The van der Waals surface area contributed by atoms with Gasteiger partial charge in [-0.2, -0.15) is 0 Å². The first-order valence-corrected chi connectivity index (χ1v) is 7.77. The van der Waals surface area contributed by atoms with Gasteiger partial charge in [0.1, 0.15) is 0 Å². The molecule has 0 radical (unpaired) electrons. The molecule has 0 aromatic carbocycles. The van der Waals surface area contributed by atoms with Crippen LogP contribution in [0.5, 0.6) is 0 Å². The molecule has 2 aliphatic heterocycles. The third-order valence-corrected chi connectivity index (χ3v) is 4.63. The predicted molar refractivity (Wildman–Crippen MR) is 76.6 cm³/mol. The quantitative estimate of drug-likeness (QED) is 0.743. The molecule has 0 aliphatic carbocycles. The molecule has 6 heteroatoms. The van der Waals surface area contributed by atoms with Crippen LogP contribution in [-0.2, 0) is 14.4 Å². The molecule has 6 nitrogen and oxygen atoms in total. The number of piperidine rings is 1. The zero-order chi connectivity index (χ0) is 15.5. The lowest BCUT2D eigenvalue weighted by molar-refractivity contribution is -0.153. The Morgan fingerprint density at radius 2 is 1.90 bits per heavy atom. The average molecular weight is 296 g/mol. The molecule has 2 rings (SSSR count). The molecule has 2 fully saturated rings. The van der Waals surface area contributed by atoms with Crippen molar-refractivity contribution in [2.75, 3.05) is 26.2 Å². The number of nitrogens with zero attached hydrogens (tertiary/aromatic N) is 2. The second-order valence-electron chi connectivity index (χ2n) is 6.15. The van der Waals surface area contributed by atoms with E-state index in [4.69, 9.17) is 0 Å². The summed E-state index contributed by atoms with van der Waals surface area (Å²) in [5.41, 5.74) is -0.661. The van der Waals surface area contributed by atoms with Gasteiger partial charge in [0.05, 0.1) is 5.41 Å². The number of likely N-dealkylation sites (tertiary alicyclic amines) is 2. The lowest BCUT2D eigenvalue weighted by Crippen LogP contribution is -2.50. The molecule has 0 aromatic rings. The molecular weight excluding hydrogens is 272 g/mol. The monoisotopic (exact) mass is 296 g/mol. The van der Waals surface area contributed by atoms with Crippen LogP contribution in [0.4, 0.5) is 0 Å². The van der Waals surface area contributed by atoms with Crippen LogP contribution in [0, 0.1) is 5.41 Å². The minimum atomic E-state index is -0.720. The molecule has 0 aromatic heterocycles. The topological polar surface area (TPSA) is 77.9 Å². The number of hydrogen-bond acceptors (Lipinski definition) is 4. The van der Waals surface area contributed by atoms with Gasteiger partial charge in [-0.1, -0.05) is 13.3 Å². The Labute approximate surface area is 125 Å². The van der Waals surface area contributed by atoms with Crippen molar-refractivity contribution in [1.82, 2.24) is 9.80 Å². The van der Waals surface area contributed by atoms with E-state index >= 15 is 0 Å². The Morgan fingerprint density at radius 3 is 2.48 bits per heavy atom. The normalized spacial score (nSPS) is 27.4. The molecule has 1 atom stereocenters. The van der Waals surface area contributed by atoms with Crippen molar-refractivity contribution in [3.05, 3.63) is 0 Å². The number of rotatable bonds is 6. The van der Waals surface area contributed by atoms with E-state index in [1.807, 2.05) is 6.92 Å². The largest absolute Gasteiger partial charge is 0.481 e. The molecule has 2 saturated heterocycles. The second kappa shape index (κ2) is 6.56. The van der Waals surface area contributed by atoms with E-state index in [-0.39, 0.29) is 11.8 Å². The molecule has 2 amide bonds. The Morgan fingerprint density at radius 1 is 1.24 bits per heavy atom. The third kappa shape index (κ3) is 3.43. The highest BCUT2D eigenvalue weighted by atomic mass is 16.4. The van der Waals surface area contributed by atoms with Gasteiger partial charge in [0.2, 0.25) is 11.8 Å². The summed E-state index contributed by atoms with van der Waals surface area (Å²) >= 11 is 0. The van der Waals surface area contributed by atoms with Gasteiger partial charge in [-0.05, 0) is 25.8 Å². The molecule has 2 heterocycles. The highest BCUT2D eigenvalue weighted by Crippen LogP contribution is 2.35. The van der Waals surface area contributed by atoms with E-state index in [1.54, 1.807) is 0 Å². The zero-order valence-corrected chi connectivity index (χ0v) is 12.6. The summed E-state index contributed by atoms with van der Waals surface area (Å²) in [5, 5.41) is 9.56. The van der Waals surface area contributed by atoms with E-state index in [0.29, 0.717) is 45.3 Å². The van der Waals surface area contributed by atoms with Crippen LogP contribution in [0.25, 0.3) is 0 Å². The minimum Gasteiger partial charge on any atom is -0.481 e. The highest BCUT2D eigenvalue weighted by Gasteiger charge is 2.41. The number of carbonyl (C=O) groups is 3. The van der Waals surface area contributed by atoms with E-state index in [0.717, 1.165) is 19.4 Å². The number of carboxylic acid groups (broad SMARTS) is 1. The molecule has 2 aliphatic rings. The van der Waals surface area contributed by atoms with Crippen LogP contribution in [0.2, 0.25) is 0 Å². The number of amides is 2. The van der Waals surface area contributed by atoms with Crippen molar-refractivity contribution < 1.29 is 19.5 Å². The molecule has 21 heavy (non-hydrogen) atoms. The summed E-state index contributed by atoms with van der Waals surface area (Å²) in [5.74, 6) is -0.924. The fourth-order valence-corrected chi connectivity index (χ4v) is 3.50. The number of carbonyl (C=O) groups excluding carboxylic acids is 2. The highest BCUT2D eigenvalue weighted by molar-refractivity contribution is 6.01. The first-order chi connectivity index (χ1) is 9.98. The van der Waals surface area contributed by atoms with Crippen LogP contribution >= 0.6 is 0 Å². The van der Waals surface area contributed by atoms with Gasteiger partial charge in [0.25, 0.3) is 0 Å². The first-order valence-electron chi connectivity index (χ1n) is 7.77. The van der Waals surface area contributed by atoms with E-state index in [2.05, 4.69) is 4.90 Å². The smallest absolute Gasteiger partial charge is 0.310 e. The van der Waals surface area contributed by atoms with Crippen LogP contribution in [0.1, 0.15) is 45.4 Å². The lowest BCUT2D eigenvalue weighted by atomic mass is 9.76. The molecule has 1 N–H and O–H groups in total. The van der Waals surface area contributed by atoms with Crippen molar-refractivity contribution >= 4 is 17.8 Å². The van der Waals surface area contributed by atoms with Crippen molar-refractivity contribution in [3.63, 3.8) is 0 Å². The zero-order valence-electron chi connectivity index (χ0n) is 12.6. The lowest BCUT2D eigenvalue weighted by Gasteiger charge is -2.40. The van der Waals surface area contributed by atoms with Gasteiger partial charge in [-0.3, -0.25) is 19.3 Å². The van der Waals surface area contributed by atoms with Crippen molar-refractivity contribution in [1.29, 1.82) is 0 Å². The van der Waals surface area contributed by atoms with Crippen molar-refractivity contribution in [2.24, 2.45) is 5.41 Å². The van der Waals surface area contributed by atoms with Crippen LogP contribution in [0.15, 0.2) is 0 Å². The molecular formula is C15H24N2O4. The maximum absolute atomic E-state index is 11.6. The maximum atomic E-state index is 11.6. The van der Waals surface area contributed by atoms with Crippen molar-refractivity contribution in [3.8, 4) is 0 Å². The van der Waals surface area contributed by atoms with Crippen LogP contribution < -0.4 is 0 Å². The number of aliphatic carboxylic acids is 1. The number of imide groups is 1. The van der Waals surface area contributed by atoms with Gasteiger partial charge in [0, 0.05) is 32.5 Å². The fraction of sp³-hybridized carbons (Fsp3) is 0.800. The van der Waals surface area contributed by atoms with Crippen molar-refractivity contribution in [2.45, 2.75) is 45.4 Å². The number of hydrogen-bond donors (Lipinski definition) is 1. The second-order valence-corrected chi connectivity index (χ2v) is 6.15. The Bertz CT molecular complexity index is 417. The van der Waals surface area contributed by atoms with E-state index in [1.165, 1.54) is 4.90 Å². The first kappa shape index (κ1) is 15.9. The van der Waals surface area contributed by atoms with Gasteiger partial charge >= 0.3 is 5.97 Å². The Balaban J connectivity index is 1.93. The van der Waals surface area contributed by atoms with Crippen LogP contribution in [-0.4, -0.2) is 58.9 Å². The average Bonchev–Trinajstić information content (AvgIpc) is 2.76. The Kier molecular flexibility index (Phi) is 4.98. The third-order valence-electron chi connectivity index (χ3n) is 4.63. The summed E-state index contributed by atoms with van der Waals surface area (Å²) in [7, 11) is 0. The SMILES string of the molecule is CCCC1(C(=O)O)CCCN(CCN2C(=O)CCC2=O)C1. The standard InChI is InChI=1S/C15H24N2O4/c1-2-6-15(14(20)21)7-3-8-16(11-15)9-10-17-12(18)4-5-13(17)19/h2-11H2,1H3,(H,20,21). The van der Waals surface area contributed by atoms with Gasteiger partial charge in [0.15, 0.2) is 0 Å². The Hall–Kier alpha value is -1.43. The summed E-state index contributed by atoms with van der Waals surface area (Å²) in [4.78, 5) is 38.2. The molecule has 118 valence electrons. The molecule has 0 spiro atoms. The van der Waals surface area contributed by atoms with Gasteiger partial charge in [-0.25, -0.2) is 0 Å². The molecule has 0 saturated carbocycles. The number of carboxylic acids is 1. The fourth-order valence-electron chi connectivity index (χ4n) is 3.50. The predicted octanol–water partition coefficient (Wildman–Crippen LogP) is 1.10. The van der Waals surface area contributed by atoms with Gasteiger partial charge in [-0.15, -0.1) is 0 Å². The summed E-state index contributed by atoms with van der Waals surface area (Å²) < 4.78 is 0. The van der Waals surface area contributed by atoms with E-state index in [9.17, 15) is 19.5 Å². The summed E-state index contributed by atoms with van der Waals surface area (Å²) in [6, 6.07) is 0. The molecule has 1 unspecified atom stereocenters. The van der Waals surface area contributed by atoms with Gasteiger partial charge < -0.3 is 10.0 Å². The maximum Gasteiger partial charge on any atom is 0.310 e. The molecule has 0 bridgehead atoms. The summed E-state index contributed by atoms with van der Waals surface area (Å²) in [6.45, 7) is 4.34. The minimum absolute atomic E-state index is 0.102. The van der Waals surface area contributed by atoms with Crippen LogP contribution in [0.3, 0.4) is 0 Å². The summed E-state index contributed by atoms with van der Waals surface area (Å²) in [6.07, 6.45) is 3.73. The van der Waals surface area contributed by atoms with E-state index < -0.39 is 11.4 Å².